The highest BCUT2D eigenvalue weighted by Crippen LogP contribution is 2.22. The first-order chi connectivity index (χ1) is 9.60. The molecule has 0 aliphatic rings. The first kappa shape index (κ1) is 14.5. The van der Waals surface area contributed by atoms with Crippen LogP contribution in [0, 0.1) is 0 Å². The van der Waals surface area contributed by atoms with Crippen LogP contribution in [0.3, 0.4) is 0 Å². The van der Waals surface area contributed by atoms with Crippen molar-refractivity contribution >= 4 is 17.5 Å². The lowest BCUT2D eigenvalue weighted by molar-refractivity contribution is 0.1000. The molecule has 2 rings (SSSR count). The number of pyridine rings is 1. The topological polar surface area (TPSA) is 56.0 Å². The van der Waals surface area contributed by atoms with Crippen LogP contribution in [0.5, 0.6) is 0 Å². The number of carbonyl (C=O) groups excluding carboxylic acids is 1. The summed E-state index contributed by atoms with van der Waals surface area (Å²) in [6, 6.07) is 10.9. The second-order valence-corrected chi connectivity index (χ2v) is 5.14. The summed E-state index contributed by atoms with van der Waals surface area (Å²) in [7, 11) is 0. The number of primary amides is 1. The number of rotatable bonds is 5. The predicted molar refractivity (Wildman–Crippen MR) is 81.8 cm³/mol. The molecule has 2 N–H and O–H groups in total. The van der Waals surface area contributed by atoms with Crippen LogP contribution in [-0.2, 0) is 6.42 Å². The van der Waals surface area contributed by atoms with Crippen LogP contribution in [-0.4, -0.2) is 10.9 Å². The van der Waals surface area contributed by atoms with Gasteiger partial charge in [0, 0.05) is 21.8 Å². The van der Waals surface area contributed by atoms with E-state index in [4.69, 9.17) is 17.3 Å². The van der Waals surface area contributed by atoms with E-state index < -0.39 is 5.91 Å². The fraction of sp³-hybridized carbons (Fsp3) is 0.250. The Labute approximate surface area is 123 Å². The van der Waals surface area contributed by atoms with Gasteiger partial charge in [0.2, 0.25) is 5.91 Å². The summed E-state index contributed by atoms with van der Waals surface area (Å²) in [5.74, 6) is -0.430. The summed E-state index contributed by atoms with van der Waals surface area (Å²) >= 11 is 5.89. The van der Waals surface area contributed by atoms with E-state index in [0.29, 0.717) is 10.6 Å². The number of nitrogens with zero attached hydrogens (tertiary/aromatic N) is 1. The Hall–Kier alpha value is -1.87. The molecule has 0 unspecified atom stereocenters. The fourth-order valence-corrected chi connectivity index (χ4v) is 2.11. The van der Waals surface area contributed by atoms with Crippen molar-refractivity contribution in [3.8, 4) is 11.3 Å². The predicted octanol–water partition coefficient (Wildman–Crippen LogP) is 3.84. The van der Waals surface area contributed by atoms with E-state index >= 15 is 0 Å². The molecule has 0 saturated heterocycles. The Kier molecular flexibility index (Phi) is 4.74. The van der Waals surface area contributed by atoms with Gasteiger partial charge in [0.15, 0.2) is 0 Å². The second-order valence-electron chi connectivity index (χ2n) is 4.71. The number of aromatic nitrogens is 1. The number of hydrogen-bond donors (Lipinski definition) is 1. The first-order valence-corrected chi connectivity index (χ1v) is 7.04. The number of nitrogens with two attached hydrogens (primary N) is 1. The molecule has 4 heteroatoms. The van der Waals surface area contributed by atoms with E-state index in [1.807, 2.05) is 12.1 Å². The van der Waals surface area contributed by atoms with Crippen molar-refractivity contribution in [2.45, 2.75) is 26.2 Å². The van der Waals surface area contributed by atoms with Gasteiger partial charge >= 0.3 is 0 Å². The third-order valence-electron chi connectivity index (χ3n) is 3.09. The van der Waals surface area contributed by atoms with Crippen LogP contribution in [0.15, 0.2) is 36.4 Å². The first-order valence-electron chi connectivity index (χ1n) is 6.67. The number of aryl methyl sites for hydroxylation is 1. The van der Waals surface area contributed by atoms with Crippen LogP contribution in [0.25, 0.3) is 11.3 Å². The third kappa shape index (κ3) is 3.58. The molecule has 0 aliphatic carbocycles. The van der Waals surface area contributed by atoms with Crippen molar-refractivity contribution in [2.24, 2.45) is 5.73 Å². The van der Waals surface area contributed by atoms with Gasteiger partial charge in [0.25, 0.3) is 0 Å². The van der Waals surface area contributed by atoms with Gasteiger partial charge in [-0.3, -0.25) is 9.78 Å². The molecule has 20 heavy (non-hydrogen) atoms. The maximum Gasteiger partial charge on any atom is 0.248 e. The van der Waals surface area contributed by atoms with Gasteiger partial charge in [-0.05, 0) is 37.1 Å². The zero-order chi connectivity index (χ0) is 14.5. The summed E-state index contributed by atoms with van der Waals surface area (Å²) in [4.78, 5) is 16.0. The van der Waals surface area contributed by atoms with Gasteiger partial charge in [-0.15, -0.1) is 0 Å². The Balaban J connectivity index is 2.43. The quantitative estimate of drug-likeness (QED) is 0.908. The van der Waals surface area contributed by atoms with Crippen molar-refractivity contribution in [3.05, 3.63) is 52.7 Å². The molecule has 0 bridgehead atoms. The molecule has 1 aromatic heterocycles. The van der Waals surface area contributed by atoms with E-state index in [-0.39, 0.29) is 0 Å². The lowest BCUT2D eigenvalue weighted by atomic mass is 10.1. The summed E-state index contributed by atoms with van der Waals surface area (Å²) in [5.41, 5.74) is 8.47. The van der Waals surface area contributed by atoms with Crippen molar-refractivity contribution < 1.29 is 4.79 Å². The molecule has 1 aromatic carbocycles. The third-order valence-corrected chi connectivity index (χ3v) is 3.34. The molecule has 104 valence electrons. The molecule has 0 spiro atoms. The zero-order valence-electron chi connectivity index (χ0n) is 11.4. The van der Waals surface area contributed by atoms with Gasteiger partial charge in [0.05, 0.1) is 5.69 Å². The number of amides is 1. The monoisotopic (exact) mass is 288 g/mol. The van der Waals surface area contributed by atoms with E-state index in [1.54, 1.807) is 24.3 Å². The Morgan fingerprint density at radius 3 is 2.55 bits per heavy atom. The number of benzene rings is 1. The zero-order valence-corrected chi connectivity index (χ0v) is 12.2. The highest BCUT2D eigenvalue weighted by Gasteiger charge is 2.08. The van der Waals surface area contributed by atoms with Crippen LogP contribution in [0.1, 0.15) is 35.8 Å². The largest absolute Gasteiger partial charge is 0.366 e. The molecular formula is C16H17ClN2O. The molecule has 0 fully saturated rings. The van der Waals surface area contributed by atoms with Gasteiger partial charge < -0.3 is 5.73 Å². The minimum atomic E-state index is -0.430. The van der Waals surface area contributed by atoms with Crippen molar-refractivity contribution in [1.82, 2.24) is 4.98 Å². The standard InChI is InChI=1S/C16H17ClN2O/c1-2-3-4-14-9-12(16(18)20)10-15(19-14)11-5-7-13(17)8-6-11/h5-10H,2-4H2,1H3,(H2,18,20). The maximum atomic E-state index is 11.4. The van der Waals surface area contributed by atoms with E-state index in [1.165, 1.54) is 0 Å². The Bertz CT molecular complexity index is 608. The van der Waals surface area contributed by atoms with Crippen molar-refractivity contribution in [1.29, 1.82) is 0 Å². The highest BCUT2D eigenvalue weighted by atomic mass is 35.5. The fourth-order valence-electron chi connectivity index (χ4n) is 1.98. The van der Waals surface area contributed by atoms with Crippen molar-refractivity contribution in [3.63, 3.8) is 0 Å². The average Bonchev–Trinajstić information content (AvgIpc) is 2.45. The van der Waals surface area contributed by atoms with Gasteiger partial charge in [-0.1, -0.05) is 37.1 Å². The molecule has 1 amide bonds. The molecule has 3 nitrogen and oxygen atoms in total. The summed E-state index contributed by atoms with van der Waals surface area (Å²) in [5, 5.41) is 0.672. The molecule has 2 aromatic rings. The lowest BCUT2D eigenvalue weighted by Crippen LogP contribution is -2.12. The van der Waals surface area contributed by atoms with Gasteiger partial charge in [-0.2, -0.15) is 0 Å². The van der Waals surface area contributed by atoms with Crippen LogP contribution in [0.4, 0.5) is 0 Å². The highest BCUT2D eigenvalue weighted by molar-refractivity contribution is 6.30. The van der Waals surface area contributed by atoms with E-state index in [0.717, 1.165) is 36.2 Å². The van der Waals surface area contributed by atoms with Crippen molar-refractivity contribution in [2.75, 3.05) is 0 Å². The molecule has 0 radical (unpaired) electrons. The number of halogens is 1. The maximum absolute atomic E-state index is 11.4. The molecule has 0 saturated carbocycles. The van der Waals surface area contributed by atoms with E-state index in [9.17, 15) is 4.79 Å². The summed E-state index contributed by atoms with van der Waals surface area (Å²) in [6.07, 6.45) is 2.96. The smallest absolute Gasteiger partial charge is 0.248 e. The molecule has 0 aliphatic heterocycles. The minimum absolute atomic E-state index is 0.430. The van der Waals surface area contributed by atoms with Crippen LogP contribution < -0.4 is 5.73 Å². The van der Waals surface area contributed by atoms with Gasteiger partial charge in [-0.25, -0.2) is 0 Å². The Morgan fingerprint density at radius 2 is 1.95 bits per heavy atom. The summed E-state index contributed by atoms with van der Waals surface area (Å²) in [6.45, 7) is 2.12. The van der Waals surface area contributed by atoms with Gasteiger partial charge in [0.1, 0.15) is 0 Å². The molecule has 1 heterocycles. The van der Waals surface area contributed by atoms with Crippen LogP contribution >= 0.6 is 11.6 Å². The SMILES string of the molecule is CCCCc1cc(C(N)=O)cc(-c2ccc(Cl)cc2)n1. The minimum Gasteiger partial charge on any atom is -0.366 e. The van der Waals surface area contributed by atoms with Crippen LogP contribution in [0.2, 0.25) is 5.02 Å². The number of carbonyl (C=O) groups is 1. The lowest BCUT2D eigenvalue weighted by Gasteiger charge is -2.07. The molecule has 0 atom stereocenters. The number of hydrogen-bond acceptors (Lipinski definition) is 2. The normalized spacial score (nSPS) is 10.5. The number of unbranched alkanes of at least 4 members (excludes halogenated alkanes) is 1. The second kappa shape index (κ2) is 6.53. The average molecular weight is 289 g/mol. The summed E-state index contributed by atoms with van der Waals surface area (Å²) < 4.78 is 0. The molecular weight excluding hydrogens is 272 g/mol. The van der Waals surface area contributed by atoms with E-state index in [2.05, 4.69) is 11.9 Å². The Morgan fingerprint density at radius 1 is 1.25 bits per heavy atom.